The summed E-state index contributed by atoms with van der Waals surface area (Å²) in [5, 5.41) is 3.34. The van der Waals surface area contributed by atoms with Gasteiger partial charge in [-0.25, -0.2) is 0 Å². The Hall–Kier alpha value is -1.07. The van der Waals surface area contributed by atoms with E-state index in [0.717, 1.165) is 35.2 Å². The molecule has 1 aromatic carbocycles. The van der Waals surface area contributed by atoms with E-state index >= 15 is 0 Å². The first kappa shape index (κ1) is 16.3. The number of nitrogens with zero attached hydrogens (tertiary/aromatic N) is 1. The molecule has 1 aliphatic rings. The Morgan fingerprint density at radius 2 is 2.29 bits per heavy atom. The molecule has 116 valence electrons. The average molecular weight is 355 g/mol. The van der Waals surface area contributed by atoms with Gasteiger partial charge in [-0.15, -0.1) is 0 Å². The monoisotopic (exact) mass is 354 g/mol. The molecule has 2 unspecified atom stereocenters. The Balaban J connectivity index is 2.08. The molecule has 21 heavy (non-hydrogen) atoms. The van der Waals surface area contributed by atoms with E-state index in [1.807, 2.05) is 25.2 Å². The second-order valence-corrected chi connectivity index (χ2v) is 6.62. The molecule has 0 aliphatic carbocycles. The number of likely N-dealkylation sites (N-methyl/N-ethyl adjacent to an activating group) is 1. The first-order chi connectivity index (χ1) is 10.0. The van der Waals surface area contributed by atoms with Crippen molar-refractivity contribution in [2.24, 2.45) is 5.92 Å². The molecule has 1 fully saturated rings. The topological polar surface area (TPSA) is 41.6 Å². The average Bonchev–Trinajstić information content (AvgIpc) is 2.47. The molecule has 0 aromatic heterocycles. The zero-order valence-electron chi connectivity index (χ0n) is 12.9. The highest BCUT2D eigenvalue weighted by molar-refractivity contribution is 9.10. The number of piperidine rings is 1. The summed E-state index contributed by atoms with van der Waals surface area (Å²) < 4.78 is 6.36. The third kappa shape index (κ3) is 3.98. The normalized spacial score (nSPS) is 21.9. The number of nitrogens with one attached hydrogen (secondary N) is 1. The Morgan fingerprint density at radius 1 is 1.52 bits per heavy atom. The number of hydrogen-bond donors (Lipinski definition) is 1. The van der Waals surface area contributed by atoms with Crippen LogP contribution in [-0.2, 0) is 11.3 Å². The number of ether oxygens (including phenoxy) is 1. The second kappa shape index (κ2) is 7.27. The Morgan fingerprint density at radius 3 is 2.95 bits per heavy atom. The molecule has 2 atom stereocenters. The van der Waals surface area contributed by atoms with Gasteiger partial charge in [0.15, 0.2) is 0 Å². The molecule has 1 N–H and O–H groups in total. The highest BCUT2D eigenvalue weighted by Crippen LogP contribution is 2.25. The van der Waals surface area contributed by atoms with E-state index in [-0.39, 0.29) is 11.9 Å². The molecule has 2 rings (SSSR count). The summed E-state index contributed by atoms with van der Waals surface area (Å²) in [7, 11) is 3.50. The zero-order valence-corrected chi connectivity index (χ0v) is 14.4. The molecule has 0 radical (unpaired) electrons. The van der Waals surface area contributed by atoms with E-state index < -0.39 is 0 Å². The molecule has 0 saturated carbocycles. The molecular weight excluding hydrogens is 332 g/mol. The fourth-order valence-electron chi connectivity index (χ4n) is 2.82. The van der Waals surface area contributed by atoms with Crippen molar-refractivity contribution in [3.8, 4) is 5.75 Å². The SMILES string of the molecule is COc1ccc(Br)cc1CN(C)C(=O)C1NCCCC1C. The minimum Gasteiger partial charge on any atom is -0.496 e. The number of carbonyl (C=O) groups excluding carboxylic acids is 1. The van der Waals surface area contributed by atoms with Gasteiger partial charge in [0.2, 0.25) is 5.91 Å². The van der Waals surface area contributed by atoms with Gasteiger partial charge in [-0.1, -0.05) is 22.9 Å². The first-order valence-electron chi connectivity index (χ1n) is 7.33. The van der Waals surface area contributed by atoms with Gasteiger partial charge < -0.3 is 15.0 Å². The number of rotatable bonds is 4. The Bertz CT molecular complexity index is 507. The number of halogens is 1. The van der Waals surface area contributed by atoms with Crippen molar-refractivity contribution in [2.45, 2.75) is 32.4 Å². The lowest BCUT2D eigenvalue weighted by atomic mass is 9.92. The molecule has 1 amide bonds. The lowest BCUT2D eigenvalue weighted by Crippen LogP contribution is -2.51. The fraction of sp³-hybridized carbons (Fsp3) is 0.562. The summed E-state index contributed by atoms with van der Waals surface area (Å²) in [6.07, 6.45) is 2.26. The van der Waals surface area contributed by atoms with E-state index in [9.17, 15) is 4.79 Å². The van der Waals surface area contributed by atoms with E-state index in [0.29, 0.717) is 12.5 Å². The number of amides is 1. The van der Waals surface area contributed by atoms with E-state index in [4.69, 9.17) is 4.74 Å². The maximum absolute atomic E-state index is 12.6. The molecule has 0 spiro atoms. The summed E-state index contributed by atoms with van der Waals surface area (Å²) in [5.74, 6) is 1.35. The largest absolute Gasteiger partial charge is 0.496 e. The van der Waals surface area contributed by atoms with Gasteiger partial charge in [-0.2, -0.15) is 0 Å². The van der Waals surface area contributed by atoms with Crippen LogP contribution < -0.4 is 10.1 Å². The van der Waals surface area contributed by atoms with E-state index in [1.54, 1.807) is 12.0 Å². The number of hydrogen-bond acceptors (Lipinski definition) is 3. The minimum absolute atomic E-state index is 0.0677. The molecule has 1 heterocycles. The summed E-state index contributed by atoms with van der Waals surface area (Å²) >= 11 is 3.47. The van der Waals surface area contributed by atoms with Crippen molar-refractivity contribution in [1.82, 2.24) is 10.2 Å². The van der Waals surface area contributed by atoms with E-state index in [2.05, 4.69) is 28.2 Å². The molecule has 0 bridgehead atoms. The summed E-state index contributed by atoms with van der Waals surface area (Å²) in [6.45, 7) is 3.61. The predicted octanol–water partition coefficient (Wildman–Crippen LogP) is 2.80. The third-order valence-electron chi connectivity index (χ3n) is 4.06. The van der Waals surface area contributed by atoms with Gasteiger partial charge in [-0.3, -0.25) is 4.79 Å². The Labute approximate surface area is 135 Å². The molecular formula is C16H23BrN2O2. The maximum atomic E-state index is 12.6. The smallest absolute Gasteiger partial charge is 0.240 e. The molecule has 4 nitrogen and oxygen atoms in total. The van der Waals surface area contributed by atoms with Gasteiger partial charge in [0.1, 0.15) is 5.75 Å². The third-order valence-corrected chi connectivity index (χ3v) is 4.56. The van der Waals surface area contributed by atoms with Gasteiger partial charge in [0.25, 0.3) is 0 Å². The number of methoxy groups -OCH3 is 1. The van der Waals surface area contributed by atoms with Crippen molar-refractivity contribution >= 4 is 21.8 Å². The molecule has 1 aliphatic heterocycles. The van der Waals surface area contributed by atoms with Gasteiger partial charge in [-0.05, 0) is 43.5 Å². The minimum atomic E-state index is -0.0677. The first-order valence-corrected chi connectivity index (χ1v) is 8.13. The van der Waals surface area contributed by atoms with Crippen molar-refractivity contribution in [3.05, 3.63) is 28.2 Å². The van der Waals surface area contributed by atoms with Crippen LogP contribution in [0.1, 0.15) is 25.3 Å². The van der Waals surface area contributed by atoms with Crippen molar-refractivity contribution in [3.63, 3.8) is 0 Å². The standard InChI is InChI=1S/C16H23BrN2O2/c1-11-5-4-8-18-15(11)16(20)19(2)10-12-9-13(17)6-7-14(12)21-3/h6-7,9,11,15,18H,4-5,8,10H2,1-3H3. The van der Waals surface area contributed by atoms with Crippen LogP contribution in [-0.4, -0.2) is 37.6 Å². The van der Waals surface area contributed by atoms with Crippen LogP contribution in [0.5, 0.6) is 5.75 Å². The van der Waals surface area contributed by atoms with Crippen LogP contribution in [0.2, 0.25) is 0 Å². The van der Waals surface area contributed by atoms with Crippen LogP contribution in [0.15, 0.2) is 22.7 Å². The van der Waals surface area contributed by atoms with Gasteiger partial charge >= 0.3 is 0 Å². The molecule has 1 aromatic rings. The highest BCUT2D eigenvalue weighted by Gasteiger charge is 2.29. The summed E-state index contributed by atoms with van der Waals surface area (Å²) in [4.78, 5) is 14.4. The summed E-state index contributed by atoms with van der Waals surface area (Å²) in [6, 6.07) is 5.79. The summed E-state index contributed by atoms with van der Waals surface area (Å²) in [5.41, 5.74) is 1.01. The quantitative estimate of drug-likeness (QED) is 0.903. The zero-order chi connectivity index (χ0) is 15.4. The van der Waals surface area contributed by atoms with Crippen LogP contribution >= 0.6 is 15.9 Å². The lowest BCUT2D eigenvalue weighted by molar-refractivity contribution is -0.134. The number of carbonyl (C=O) groups is 1. The number of benzene rings is 1. The predicted molar refractivity (Wildman–Crippen MR) is 87.4 cm³/mol. The highest BCUT2D eigenvalue weighted by atomic mass is 79.9. The van der Waals surface area contributed by atoms with Crippen molar-refractivity contribution in [1.29, 1.82) is 0 Å². The molecule has 1 saturated heterocycles. The van der Waals surface area contributed by atoms with Crippen molar-refractivity contribution in [2.75, 3.05) is 20.7 Å². The van der Waals surface area contributed by atoms with E-state index in [1.165, 1.54) is 0 Å². The van der Waals surface area contributed by atoms with Crippen LogP contribution in [0, 0.1) is 5.92 Å². The van der Waals surface area contributed by atoms with Crippen LogP contribution in [0.3, 0.4) is 0 Å². The Kier molecular flexibility index (Phi) is 5.65. The lowest BCUT2D eigenvalue weighted by Gasteiger charge is -2.32. The van der Waals surface area contributed by atoms with Crippen molar-refractivity contribution < 1.29 is 9.53 Å². The molecule has 5 heteroatoms. The van der Waals surface area contributed by atoms with Gasteiger partial charge in [0.05, 0.1) is 13.2 Å². The fourth-order valence-corrected chi connectivity index (χ4v) is 3.23. The van der Waals surface area contributed by atoms with Gasteiger partial charge in [0, 0.05) is 23.6 Å². The second-order valence-electron chi connectivity index (χ2n) is 5.70. The van der Waals surface area contributed by atoms with Crippen LogP contribution in [0.4, 0.5) is 0 Å². The maximum Gasteiger partial charge on any atom is 0.240 e. The van der Waals surface area contributed by atoms with Crippen LogP contribution in [0.25, 0.3) is 0 Å².